The average Bonchev–Trinajstić information content (AvgIpc) is 3.31. The third-order valence-corrected chi connectivity index (χ3v) is 5.99. The van der Waals surface area contributed by atoms with E-state index in [1.165, 1.54) is 17.7 Å². The summed E-state index contributed by atoms with van der Waals surface area (Å²) in [6, 6.07) is 2.98. The Bertz CT molecular complexity index is 754. The Hall–Kier alpha value is -2.15. The molecule has 1 saturated heterocycles. The van der Waals surface area contributed by atoms with Gasteiger partial charge in [-0.25, -0.2) is 9.78 Å². The van der Waals surface area contributed by atoms with Gasteiger partial charge in [0.15, 0.2) is 17.8 Å². The molecule has 1 aliphatic heterocycles. The first-order valence-corrected chi connectivity index (χ1v) is 9.07. The molecule has 0 unspecified atom stereocenters. The summed E-state index contributed by atoms with van der Waals surface area (Å²) >= 11 is 1.46. The lowest BCUT2D eigenvalue weighted by molar-refractivity contribution is -0.141. The molecule has 0 aromatic carbocycles. The monoisotopic (exact) mass is 346 g/mol. The van der Waals surface area contributed by atoms with Gasteiger partial charge in [0.25, 0.3) is 5.91 Å². The van der Waals surface area contributed by atoms with Gasteiger partial charge in [0.2, 0.25) is 0 Å². The zero-order chi connectivity index (χ0) is 16.7. The minimum atomic E-state index is -0.932. The molecule has 0 bridgehead atoms. The van der Waals surface area contributed by atoms with Gasteiger partial charge in [0.1, 0.15) is 6.04 Å². The van der Waals surface area contributed by atoms with Crippen LogP contribution in [0.15, 0.2) is 28.3 Å². The van der Waals surface area contributed by atoms with Crippen LogP contribution in [0.1, 0.15) is 42.6 Å². The summed E-state index contributed by atoms with van der Waals surface area (Å²) in [7, 11) is 0. The third kappa shape index (κ3) is 2.43. The standard InChI is InChI=1S/C17H18N2O4S/c20-16(14-15(23-9-18-14)13-6-3-7-24-13)19-11-5-2-1-4-10(11)8-12(19)17(21)22/h3,6-7,9-12H,1-2,4-5,8H2,(H,21,22)/t10-,11-,12-/m0/s1. The van der Waals surface area contributed by atoms with Crippen molar-refractivity contribution >= 4 is 23.2 Å². The number of rotatable bonds is 3. The Balaban J connectivity index is 1.70. The fraction of sp³-hybridized carbons (Fsp3) is 0.471. The highest BCUT2D eigenvalue weighted by Crippen LogP contribution is 2.41. The maximum atomic E-state index is 13.1. The number of carbonyl (C=O) groups is 2. The number of thiophene rings is 1. The molecule has 7 heteroatoms. The van der Waals surface area contributed by atoms with Crippen molar-refractivity contribution in [1.29, 1.82) is 0 Å². The molecule has 3 atom stereocenters. The zero-order valence-corrected chi connectivity index (χ0v) is 13.9. The Morgan fingerprint density at radius 2 is 2.17 bits per heavy atom. The molecule has 4 rings (SSSR count). The number of nitrogens with zero attached hydrogens (tertiary/aromatic N) is 2. The minimum absolute atomic E-state index is 0.000218. The SMILES string of the molecule is O=C(O)[C@@H]1C[C@@H]2CCCC[C@@H]2N1C(=O)c1ncoc1-c1cccs1. The van der Waals surface area contributed by atoms with Crippen LogP contribution in [-0.2, 0) is 4.79 Å². The molecule has 1 saturated carbocycles. The molecule has 24 heavy (non-hydrogen) atoms. The van der Waals surface area contributed by atoms with Crippen LogP contribution in [0.25, 0.3) is 10.6 Å². The quantitative estimate of drug-likeness (QED) is 0.922. The lowest BCUT2D eigenvalue weighted by Gasteiger charge is -2.32. The van der Waals surface area contributed by atoms with E-state index in [2.05, 4.69) is 4.98 Å². The largest absolute Gasteiger partial charge is 0.480 e. The number of oxazole rings is 1. The van der Waals surface area contributed by atoms with Crippen LogP contribution in [-0.4, -0.2) is 39.0 Å². The summed E-state index contributed by atoms with van der Waals surface area (Å²) in [4.78, 5) is 31.3. The minimum Gasteiger partial charge on any atom is -0.480 e. The average molecular weight is 346 g/mol. The predicted octanol–water partition coefficient (Wildman–Crippen LogP) is 3.26. The summed E-state index contributed by atoms with van der Waals surface area (Å²) in [6.45, 7) is 0. The van der Waals surface area contributed by atoms with E-state index in [1.54, 1.807) is 4.90 Å². The number of aliphatic carboxylic acids is 1. The van der Waals surface area contributed by atoms with Crippen LogP contribution < -0.4 is 0 Å². The Kier molecular flexibility index (Phi) is 3.88. The van der Waals surface area contributed by atoms with E-state index in [0.717, 1.165) is 30.6 Å². The summed E-state index contributed by atoms with van der Waals surface area (Å²) in [6.07, 6.45) is 5.80. The van der Waals surface area contributed by atoms with Gasteiger partial charge in [-0.05, 0) is 36.6 Å². The molecular weight excluding hydrogens is 328 g/mol. The smallest absolute Gasteiger partial charge is 0.326 e. The van der Waals surface area contributed by atoms with E-state index in [-0.39, 0.29) is 23.6 Å². The zero-order valence-electron chi connectivity index (χ0n) is 13.1. The van der Waals surface area contributed by atoms with Crippen molar-refractivity contribution < 1.29 is 19.1 Å². The molecule has 1 aliphatic carbocycles. The maximum Gasteiger partial charge on any atom is 0.326 e. The molecule has 126 valence electrons. The highest BCUT2D eigenvalue weighted by atomic mass is 32.1. The van der Waals surface area contributed by atoms with Crippen LogP contribution in [0.4, 0.5) is 0 Å². The normalized spacial score (nSPS) is 26.3. The van der Waals surface area contributed by atoms with Crippen LogP contribution >= 0.6 is 11.3 Å². The second kappa shape index (κ2) is 6.05. The molecule has 2 aliphatic rings. The molecule has 1 amide bonds. The Labute approximate surface area is 143 Å². The highest BCUT2D eigenvalue weighted by molar-refractivity contribution is 7.13. The van der Waals surface area contributed by atoms with E-state index in [0.29, 0.717) is 12.2 Å². The van der Waals surface area contributed by atoms with E-state index in [9.17, 15) is 14.7 Å². The molecule has 0 radical (unpaired) electrons. The number of likely N-dealkylation sites (tertiary alicyclic amines) is 1. The molecule has 2 aromatic heterocycles. The van der Waals surface area contributed by atoms with E-state index >= 15 is 0 Å². The molecular formula is C17H18N2O4S. The summed E-state index contributed by atoms with van der Waals surface area (Å²) in [5, 5.41) is 11.5. The van der Waals surface area contributed by atoms with Crippen molar-refractivity contribution in [2.45, 2.75) is 44.2 Å². The van der Waals surface area contributed by atoms with Crippen molar-refractivity contribution in [3.8, 4) is 10.6 Å². The number of carboxylic acid groups (broad SMARTS) is 1. The number of carbonyl (C=O) groups excluding carboxylic acids is 1. The van der Waals surface area contributed by atoms with Crippen molar-refractivity contribution in [3.05, 3.63) is 29.6 Å². The fourth-order valence-electron chi connectivity index (χ4n) is 4.08. The van der Waals surface area contributed by atoms with E-state index in [1.807, 2.05) is 17.5 Å². The molecule has 2 fully saturated rings. The van der Waals surface area contributed by atoms with Gasteiger partial charge < -0.3 is 14.4 Å². The van der Waals surface area contributed by atoms with Crippen molar-refractivity contribution in [1.82, 2.24) is 9.88 Å². The highest BCUT2D eigenvalue weighted by Gasteiger charge is 2.48. The fourth-order valence-corrected chi connectivity index (χ4v) is 4.79. The summed E-state index contributed by atoms with van der Waals surface area (Å²) < 4.78 is 5.43. The molecule has 3 heterocycles. The second-order valence-electron chi connectivity index (χ2n) is 6.42. The summed E-state index contributed by atoms with van der Waals surface area (Å²) in [5.74, 6) is -0.549. The first-order chi connectivity index (χ1) is 11.7. The topological polar surface area (TPSA) is 83.6 Å². The lowest BCUT2D eigenvalue weighted by atomic mass is 9.84. The van der Waals surface area contributed by atoms with Crippen LogP contribution in [0.5, 0.6) is 0 Å². The summed E-state index contributed by atoms with van der Waals surface area (Å²) in [5.41, 5.74) is 0.218. The third-order valence-electron chi connectivity index (χ3n) is 5.12. The predicted molar refractivity (Wildman–Crippen MR) is 87.8 cm³/mol. The second-order valence-corrected chi connectivity index (χ2v) is 7.37. The van der Waals surface area contributed by atoms with Gasteiger partial charge in [0, 0.05) is 6.04 Å². The van der Waals surface area contributed by atoms with Gasteiger partial charge >= 0.3 is 5.97 Å². The molecule has 2 aromatic rings. The lowest BCUT2D eigenvalue weighted by Crippen LogP contribution is -2.46. The number of hydrogen-bond donors (Lipinski definition) is 1. The first-order valence-electron chi connectivity index (χ1n) is 8.19. The van der Waals surface area contributed by atoms with Gasteiger partial charge in [-0.1, -0.05) is 18.9 Å². The maximum absolute atomic E-state index is 13.1. The molecule has 6 nitrogen and oxygen atoms in total. The Morgan fingerprint density at radius 1 is 1.33 bits per heavy atom. The number of fused-ring (bicyclic) bond motifs is 1. The number of carboxylic acids is 1. The van der Waals surface area contributed by atoms with Crippen LogP contribution in [0.3, 0.4) is 0 Å². The number of aromatic nitrogens is 1. The molecule has 0 spiro atoms. The van der Waals surface area contributed by atoms with Crippen molar-refractivity contribution in [3.63, 3.8) is 0 Å². The van der Waals surface area contributed by atoms with Gasteiger partial charge in [-0.2, -0.15) is 0 Å². The van der Waals surface area contributed by atoms with Gasteiger partial charge in [-0.3, -0.25) is 4.79 Å². The van der Waals surface area contributed by atoms with Gasteiger partial charge in [0.05, 0.1) is 4.88 Å². The van der Waals surface area contributed by atoms with Gasteiger partial charge in [-0.15, -0.1) is 11.3 Å². The van der Waals surface area contributed by atoms with Crippen molar-refractivity contribution in [2.75, 3.05) is 0 Å². The Morgan fingerprint density at radius 3 is 2.92 bits per heavy atom. The number of amides is 1. The number of hydrogen-bond acceptors (Lipinski definition) is 5. The van der Waals surface area contributed by atoms with Crippen molar-refractivity contribution in [2.24, 2.45) is 5.92 Å². The first kappa shape index (κ1) is 15.4. The van der Waals surface area contributed by atoms with Crippen LogP contribution in [0.2, 0.25) is 0 Å². The van der Waals surface area contributed by atoms with Crippen LogP contribution in [0, 0.1) is 5.92 Å². The van der Waals surface area contributed by atoms with E-state index < -0.39 is 12.0 Å². The van der Waals surface area contributed by atoms with E-state index in [4.69, 9.17) is 4.42 Å². The molecule has 1 N–H and O–H groups in total.